The van der Waals surface area contributed by atoms with Gasteiger partial charge in [0, 0.05) is 11.4 Å². The van der Waals surface area contributed by atoms with Crippen molar-refractivity contribution in [2.75, 3.05) is 13.7 Å². The summed E-state index contributed by atoms with van der Waals surface area (Å²) in [5.41, 5.74) is 1.44. The molecule has 23 heavy (non-hydrogen) atoms. The number of rotatable bonds is 4. The Bertz CT molecular complexity index is 798. The van der Waals surface area contributed by atoms with Gasteiger partial charge in [-0.1, -0.05) is 30.3 Å². The summed E-state index contributed by atoms with van der Waals surface area (Å²) in [6, 6.07) is 9.90. The van der Waals surface area contributed by atoms with Gasteiger partial charge >= 0.3 is 5.97 Å². The first kappa shape index (κ1) is 16.2. The van der Waals surface area contributed by atoms with Crippen LogP contribution in [0, 0.1) is 0 Å². The molecule has 1 aromatic carbocycles. The minimum absolute atomic E-state index is 0.124. The number of esters is 1. The van der Waals surface area contributed by atoms with Crippen LogP contribution in [0.3, 0.4) is 0 Å². The van der Waals surface area contributed by atoms with Crippen molar-refractivity contribution in [3.63, 3.8) is 0 Å². The fraction of sp³-hybridized carbons (Fsp3) is 0.312. The fourth-order valence-electron chi connectivity index (χ4n) is 2.82. The zero-order chi connectivity index (χ0) is 16.4. The second-order valence-electron chi connectivity index (χ2n) is 5.33. The van der Waals surface area contributed by atoms with Gasteiger partial charge in [0.05, 0.1) is 12.9 Å². The lowest BCUT2D eigenvalue weighted by Crippen LogP contribution is -2.43. The maximum Gasteiger partial charge on any atom is 0.328 e. The van der Waals surface area contributed by atoms with Gasteiger partial charge in [-0.15, -0.1) is 11.3 Å². The third-order valence-electron chi connectivity index (χ3n) is 3.90. The van der Waals surface area contributed by atoms with E-state index in [0.29, 0.717) is 18.5 Å². The Labute approximate surface area is 139 Å². The molecule has 0 spiro atoms. The Morgan fingerprint density at radius 3 is 2.74 bits per heavy atom. The number of benzene rings is 1. The number of hydrogen-bond acceptors (Lipinski definition) is 5. The Balaban J connectivity index is 1.95. The van der Waals surface area contributed by atoms with Crippen LogP contribution in [0.2, 0.25) is 0 Å². The molecule has 0 bridgehead atoms. The summed E-state index contributed by atoms with van der Waals surface area (Å²) in [5, 5.41) is 1.88. The maximum absolute atomic E-state index is 12.8. The van der Waals surface area contributed by atoms with Crippen molar-refractivity contribution in [1.29, 1.82) is 0 Å². The van der Waals surface area contributed by atoms with Crippen LogP contribution >= 0.6 is 11.3 Å². The number of nitrogens with zero attached hydrogens (tertiary/aromatic N) is 1. The highest BCUT2D eigenvalue weighted by Gasteiger charge is 2.41. The van der Waals surface area contributed by atoms with Gasteiger partial charge in [0.15, 0.2) is 0 Å². The van der Waals surface area contributed by atoms with Crippen LogP contribution in [0.1, 0.15) is 22.0 Å². The van der Waals surface area contributed by atoms with Crippen molar-refractivity contribution in [3.05, 3.63) is 57.8 Å². The van der Waals surface area contributed by atoms with Crippen molar-refractivity contribution in [2.45, 2.75) is 18.2 Å². The number of carbonyl (C=O) groups excluding carboxylic acids is 1. The third kappa shape index (κ3) is 3.17. The molecule has 0 amide bonds. The first-order chi connectivity index (χ1) is 11.0. The Kier molecular flexibility index (Phi) is 4.52. The average molecular weight is 351 g/mol. The minimum Gasteiger partial charge on any atom is -0.468 e. The van der Waals surface area contributed by atoms with E-state index in [-0.39, 0.29) is 5.75 Å². The van der Waals surface area contributed by atoms with E-state index in [9.17, 15) is 13.2 Å². The van der Waals surface area contributed by atoms with Gasteiger partial charge in [0.25, 0.3) is 0 Å². The largest absolute Gasteiger partial charge is 0.468 e. The zero-order valence-electron chi connectivity index (χ0n) is 12.6. The molecule has 5 nitrogen and oxygen atoms in total. The van der Waals surface area contributed by atoms with E-state index < -0.39 is 22.0 Å². The van der Waals surface area contributed by atoms with Crippen molar-refractivity contribution < 1.29 is 17.9 Å². The molecule has 7 heteroatoms. The number of thiophene rings is 1. The highest BCUT2D eigenvalue weighted by Crippen LogP contribution is 2.36. The molecule has 1 unspecified atom stereocenters. The van der Waals surface area contributed by atoms with E-state index in [1.807, 2.05) is 17.5 Å². The van der Waals surface area contributed by atoms with Crippen LogP contribution in [-0.4, -0.2) is 32.3 Å². The lowest BCUT2D eigenvalue weighted by atomic mass is 10.0. The molecule has 3 rings (SSSR count). The van der Waals surface area contributed by atoms with Gasteiger partial charge in [0.2, 0.25) is 10.0 Å². The molecule has 1 aliphatic rings. The summed E-state index contributed by atoms with van der Waals surface area (Å²) in [5.74, 6) is -0.665. The predicted octanol–water partition coefficient (Wildman–Crippen LogP) is 2.35. The highest BCUT2D eigenvalue weighted by atomic mass is 32.2. The summed E-state index contributed by atoms with van der Waals surface area (Å²) in [7, 11) is -2.34. The van der Waals surface area contributed by atoms with Crippen molar-refractivity contribution in [2.24, 2.45) is 0 Å². The molecule has 0 fully saturated rings. The quantitative estimate of drug-likeness (QED) is 0.793. The number of methoxy groups -OCH3 is 1. The fourth-order valence-corrected chi connectivity index (χ4v) is 5.39. The molecule has 1 aliphatic heterocycles. The molecule has 1 aromatic heterocycles. The van der Waals surface area contributed by atoms with Gasteiger partial charge in [-0.05, 0) is 29.0 Å². The van der Waals surface area contributed by atoms with Crippen molar-refractivity contribution >= 4 is 27.3 Å². The second-order valence-corrected chi connectivity index (χ2v) is 8.25. The highest BCUT2D eigenvalue weighted by molar-refractivity contribution is 7.88. The van der Waals surface area contributed by atoms with Crippen LogP contribution in [0.4, 0.5) is 0 Å². The van der Waals surface area contributed by atoms with Crippen LogP contribution in [0.15, 0.2) is 41.8 Å². The SMILES string of the molecule is COC(=O)C1c2ccsc2CCN1S(=O)(=O)Cc1ccccc1. The van der Waals surface area contributed by atoms with E-state index in [2.05, 4.69) is 0 Å². The number of hydrogen-bond donors (Lipinski definition) is 0. The van der Waals surface area contributed by atoms with E-state index >= 15 is 0 Å². The Morgan fingerprint density at radius 1 is 1.30 bits per heavy atom. The summed E-state index contributed by atoms with van der Waals surface area (Å²) >= 11 is 1.54. The van der Waals surface area contributed by atoms with Crippen LogP contribution in [-0.2, 0) is 31.7 Å². The summed E-state index contributed by atoms with van der Waals surface area (Å²) in [6.45, 7) is 0.294. The van der Waals surface area contributed by atoms with Gasteiger partial charge in [-0.2, -0.15) is 4.31 Å². The number of carbonyl (C=O) groups is 1. The smallest absolute Gasteiger partial charge is 0.328 e. The summed E-state index contributed by atoms with van der Waals surface area (Å²) < 4.78 is 31.8. The number of ether oxygens (including phenoxy) is 1. The number of fused-ring (bicyclic) bond motifs is 1. The molecule has 0 aliphatic carbocycles. The normalized spacial score (nSPS) is 18.4. The monoisotopic (exact) mass is 351 g/mol. The van der Waals surface area contributed by atoms with Crippen molar-refractivity contribution in [1.82, 2.24) is 4.31 Å². The summed E-state index contributed by atoms with van der Waals surface area (Å²) in [4.78, 5) is 13.3. The maximum atomic E-state index is 12.8. The minimum atomic E-state index is -3.62. The van der Waals surface area contributed by atoms with E-state index in [1.165, 1.54) is 11.4 Å². The second kappa shape index (κ2) is 6.43. The molecule has 2 aromatic rings. The molecule has 1 atom stereocenters. The van der Waals surface area contributed by atoms with Gasteiger partial charge in [-0.25, -0.2) is 13.2 Å². The standard InChI is InChI=1S/C16H17NO4S2/c1-21-16(18)15-13-8-10-22-14(13)7-9-17(15)23(19,20)11-12-5-3-2-4-6-12/h2-6,8,10,15H,7,9,11H2,1H3. The van der Waals surface area contributed by atoms with E-state index in [1.54, 1.807) is 35.6 Å². The van der Waals surface area contributed by atoms with Crippen molar-refractivity contribution in [3.8, 4) is 0 Å². The van der Waals surface area contributed by atoms with Crippen LogP contribution in [0.25, 0.3) is 0 Å². The van der Waals surface area contributed by atoms with Crippen LogP contribution < -0.4 is 0 Å². The Morgan fingerprint density at radius 2 is 2.04 bits per heavy atom. The lowest BCUT2D eigenvalue weighted by molar-refractivity contribution is -0.145. The van der Waals surface area contributed by atoms with E-state index in [4.69, 9.17) is 4.74 Å². The molecule has 0 radical (unpaired) electrons. The molecule has 2 heterocycles. The van der Waals surface area contributed by atoms with Gasteiger partial charge < -0.3 is 4.74 Å². The third-order valence-corrected chi connectivity index (χ3v) is 6.70. The molecule has 0 saturated heterocycles. The average Bonchev–Trinajstić information content (AvgIpc) is 3.02. The van der Waals surface area contributed by atoms with Crippen LogP contribution in [0.5, 0.6) is 0 Å². The molecular weight excluding hydrogens is 334 g/mol. The number of sulfonamides is 1. The first-order valence-electron chi connectivity index (χ1n) is 7.20. The molecule has 0 N–H and O–H groups in total. The predicted molar refractivity (Wildman–Crippen MR) is 88.6 cm³/mol. The van der Waals surface area contributed by atoms with E-state index in [0.717, 1.165) is 10.4 Å². The molecular formula is C16H17NO4S2. The molecule has 122 valence electrons. The topological polar surface area (TPSA) is 63.7 Å². The first-order valence-corrected chi connectivity index (χ1v) is 9.69. The Hall–Kier alpha value is -1.70. The zero-order valence-corrected chi connectivity index (χ0v) is 14.3. The molecule has 0 saturated carbocycles. The lowest BCUT2D eigenvalue weighted by Gasteiger charge is -2.33. The summed E-state index contributed by atoms with van der Waals surface area (Å²) in [6.07, 6.45) is 0.620. The van der Waals surface area contributed by atoms with Gasteiger partial charge in [-0.3, -0.25) is 0 Å². The van der Waals surface area contributed by atoms with Gasteiger partial charge in [0.1, 0.15) is 6.04 Å².